The minimum atomic E-state index is -0.189. The predicted octanol–water partition coefficient (Wildman–Crippen LogP) is 4.96. The molecule has 0 N–H and O–H groups in total. The van der Waals surface area contributed by atoms with Gasteiger partial charge in [0.25, 0.3) is 0 Å². The molecule has 2 aromatic carbocycles. The summed E-state index contributed by atoms with van der Waals surface area (Å²) in [7, 11) is -0.189. The first-order valence-corrected chi connectivity index (χ1v) is 7.96. The summed E-state index contributed by atoms with van der Waals surface area (Å²) < 4.78 is 0. The average molecular weight is 254 g/mol. The molecule has 0 radical (unpaired) electrons. The number of hydrogen-bond donors (Lipinski definition) is 1. The van der Waals surface area contributed by atoms with Crippen molar-refractivity contribution in [2.24, 2.45) is 0 Å². The molecule has 2 aromatic rings. The van der Waals surface area contributed by atoms with Crippen molar-refractivity contribution in [2.45, 2.75) is 0 Å². The molecule has 0 amide bonds. The van der Waals surface area contributed by atoms with Gasteiger partial charge in [0.15, 0.2) is 0 Å². The quantitative estimate of drug-likeness (QED) is 0.732. The molecule has 2 rings (SSSR count). The lowest BCUT2D eigenvalue weighted by Crippen LogP contribution is -1.71. The van der Waals surface area contributed by atoms with Crippen molar-refractivity contribution in [3.05, 3.63) is 82.6 Å². The molecule has 0 aliphatic carbocycles. The third-order valence-electron chi connectivity index (χ3n) is 2.60. The summed E-state index contributed by atoms with van der Waals surface area (Å²) in [6.07, 6.45) is 6.65. The second-order valence-corrected chi connectivity index (χ2v) is 6.05. The summed E-state index contributed by atoms with van der Waals surface area (Å²) in [5.74, 6) is 0. The van der Waals surface area contributed by atoms with Crippen LogP contribution in [0.3, 0.4) is 0 Å². The Bertz CT molecular complexity index is 462. The number of hydrogen-bond acceptors (Lipinski definition) is 0. The minimum Gasteiger partial charge on any atom is -0.216 e. The van der Waals surface area contributed by atoms with Crippen molar-refractivity contribution < 1.29 is 0 Å². The van der Waals surface area contributed by atoms with E-state index in [1.54, 1.807) is 0 Å². The van der Waals surface area contributed by atoms with E-state index in [1.165, 1.54) is 11.1 Å². The Balaban J connectivity index is 1.95. The van der Waals surface area contributed by atoms with E-state index in [-0.39, 0.29) is 10.9 Å². The van der Waals surface area contributed by atoms with Gasteiger partial charge in [-0.05, 0) is 28.2 Å². The monoisotopic (exact) mass is 254 g/mol. The molecule has 0 atom stereocenters. The van der Waals surface area contributed by atoms with Crippen molar-refractivity contribution in [3.8, 4) is 0 Å². The molecule has 0 aromatic heterocycles. The van der Waals surface area contributed by atoms with E-state index in [2.05, 4.69) is 77.8 Å². The Kier molecular flexibility index (Phi) is 4.86. The highest BCUT2D eigenvalue weighted by atomic mass is 32.2. The van der Waals surface area contributed by atoms with Crippen LogP contribution >= 0.6 is 10.9 Å². The van der Waals surface area contributed by atoms with Gasteiger partial charge < -0.3 is 0 Å². The molecule has 0 saturated heterocycles. The summed E-state index contributed by atoms with van der Waals surface area (Å²) >= 11 is 0. The average Bonchev–Trinajstić information content (AvgIpc) is 2.45. The van der Waals surface area contributed by atoms with Crippen molar-refractivity contribution in [1.82, 2.24) is 0 Å². The fraction of sp³-hybridized carbons (Fsp3) is 0.0588. The van der Waals surface area contributed by atoms with E-state index in [9.17, 15) is 0 Å². The van der Waals surface area contributed by atoms with Crippen LogP contribution in [-0.4, -0.2) is 6.26 Å². The zero-order valence-electron chi connectivity index (χ0n) is 10.5. The van der Waals surface area contributed by atoms with E-state index < -0.39 is 0 Å². The van der Waals surface area contributed by atoms with Crippen LogP contribution in [0.1, 0.15) is 11.1 Å². The normalized spacial score (nSPS) is 14.2. The highest BCUT2D eigenvalue weighted by molar-refractivity contribution is 8.21. The molecule has 0 saturated carbocycles. The molecular weight excluding hydrogens is 236 g/mol. The van der Waals surface area contributed by atoms with Crippen LogP contribution in [0.5, 0.6) is 0 Å². The van der Waals surface area contributed by atoms with Crippen molar-refractivity contribution in [1.29, 1.82) is 0 Å². The van der Waals surface area contributed by atoms with E-state index in [0.29, 0.717) is 0 Å². The van der Waals surface area contributed by atoms with Crippen LogP contribution in [0.2, 0.25) is 0 Å². The lowest BCUT2D eigenvalue weighted by Gasteiger charge is -2.03. The van der Waals surface area contributed by atoms with Gasteiger partial charge in [0, 0.05) is 0 Å². The standard InChI is InChI=1S/C17H18S/c1-18(14-12-16-8-4-2-5-9-16)15-13-17-10-6-3-7-11-17/h2-15,18H,1H3. The van der Waals surface area contributed by atoms with Crippen LogP contribution < -0.4 is 0 Å². The first-order valence-electron chi connectivity index (χ1n) is 6.03. The second-order valence-electron chi connectivity index (χ2n) is 4.12. The van der Waals surface area contributed by atoms with Gasteiger partial charge in [-0.15, -0.1) is 0 Å². The van der Waals surface area contributed by atoms with Gasteiger partial charge in [0.05, 0.1) is 0 Å². The zero-order valence-corrected chi connectivity index (χ0v) is 11.4. The van der Waals surface area contributed by atoms with Crippen molar-refractivity contribution in [2.75, 3.05) is 6.26 Å². The maximum Gasteiger partial charge on any atom is -0.0252 e. The van der Waals surface area contributed by atoms with Gasteiger partial charge in [0.1, 0.15) is 0 Å². The molecule has 18 heavy (non-hydrogen) atoms. The third-order valence-corrected chi connectivity index (χ3v) is 3.84. The number of rotatable bonds is 4. The summed E-state index contributed by atoms with van der Waals surface area (Å²) in [5, 5.41) is 4.56. The molecular formula is C17H18S. The molecule has 0 unspecified atom stereocenters. The molecule has 92 valence electrons. The van der Waals surface area contributed by atoms with Gasteiger partial charge in [-0.1, -0.05) is 72.8 Å². The smallest absolute Gasteiger partial charge is 0.0252 e. The highest BCUT2D eigenvalue weighted by Crippen LogP contribution is 2.25. The van der Waals surface area contributed by atoms with Crippen LogP contribution in [0.15, 0.2) is 71.5 Å². The van der Waals surface area contributed by atoms with Gasteiger partial charge in [-0.2, -0.15) is 0 Å². The van der Waals surface area contributed by atoms with Gasteiger partial charge in [0.2, 0.25) is 0 Å². The van der Waals surface area contributed by atoms with Crippen molar-refractivity contribution in [3.63, 3.8) is 0 Å². The highest BCUT2D eigenvalue weighted by Gasteiger charge is 1.87. The van der Waals surface area contributed by atoms with Crippen molar-refractivity contribution >= 4 is 23.0 Å². The topological polar surface area (TPSA) is 0 Å². The first kappa shape index (κ1) is 12.7. The lowest BCUT2D eigenvalue weighted by molar-refractivity contribution is 1.66. The van der Waals surface area contributed by atoms with Gasteiger partial charge in [-0.25, -0.2) is 10.9 Å². The minimum absolute atomic E-state index is 0.189. The van der Waals surface area contributed by atoms with Crippen LogP contribution in [0.25, 0.3) is 12.2 Å². The Labute approximate surface area is 112 Å². The fourth-order valence-electron chi connectivity index (χ4n) is 1.59. The van der Waals surface area contributed by atoms with E-state index in [1.807, 2.05) is 12.1 Å². The van der Waals surface area contributed by atoms with E-state index in [0.717, 1.165) is 0 Å². The largest absolute Gasteiger partial charge is 0.216 e. The SMILES string of the molecule is C[SH](C=Cc1ccccc1)C=Cc1ccccc1. The lowest BCUT2D eigenvalue weighted by atomic mass is 10.2. The third kappa shape index (κ3) is 4.27. The molecule has 1 heteroatoms. The molecule has 0 aliphatic heterocycles. The van der Waals surface area contributed by atoms with Crippen LogP contribution in [-0.2, 0) is 0 Å². The Morgan fingerprint density at radius 2 is 1.06 bits per heavy atom. The van der Waals surface area contributed by atoms with Crippen LogP contribution in [0, 0.1) is 0 Å². The molecule has 0 aliphatic rings. The second kappa shape index (κ2) is 6.87. The van der Waals surface area contributed by atoms with Crippen LogP contribution in [0.4, 0.5) is 0 Å². The predicted molar refractivity (Wildman–Crippen MR) is 85.9 cm³/mol. The Morgan fingerprint density at radius 1 is 0.667 bits per heavy atom. The zero-order chi connectivity index (χ0) is 12.6. The fourth-order valence-corrected chi connectivity index (χ4v) is 2.50. The van der Waals surface area contributed by atoms with E-state index >= 15 is 0 Å². The van der Waals surface area contributed by atoms with Gasteiger partial charge >= 0.3 is 0 Å². The molecule has 0 nitrogen and oxygen atoms in total. The Morgan fingerprint density at radius 3 is 1.44 bits per heavy atom. The summed E-state index contributed by atoms with van der Waals surface area (Å²) in [4.78, 5) is 0. The first-order chi connectivity index (χ1) is 8.84. The number of benzene rings is 2. The van der Waals surface area contributed by atoms with Gasteiger partial charge in [-0.3, -0.25) is 0 Å². The summed E-state index contributed by atoms with van der Waals surface area (Å²) in [6, 6.07) is 20.9. The molecule has 0 heterocycles. The molecule has 0 bridgehead atoms. The number of thiol groups is 1. The maximum atomic E-state index is 2.28. The maximum absolute atomic E-state index is 2.28. The Hall–Kier alpha value is -1.73. The summed E-state index contributed by atoms with van der Waals surface area (Å²) in [5.41, 5.74) is 2.53. The summed E-state index contributed by atoms with van der Waals surface area (Å²) in [6.45, 7) is 0. The molecule has 0 fully saturated rings. The molecule has 0 spiro atoms. The van der Waals surface area contributed by atoms with E-state index in [4.69, 9.17) is 0 Å².